The van der Waals surface area contributed by atoms with Crippen LogP contribution in [0.5, 0.6) is 0 Å². The smallest absolute Gasteiger partial charge is 0.199 e. The van der Waals surface area contributed by atoms with Gasteiger partial charge in [-0.05, 0) is 0 Å². The summed E-state index contributed by atoms with van der Waals surface area (Å²) in [6.45, 7) is 0. The quantitative estimate of drug-likeness (QED) is 0.217. The summed E-state index contributed by atoms with van der Waals surface area (Å²) in [4.78, 5) is 0. The molecule has 0 amide bonds. The maximum Gasteiger partial charge on any atom is 0.380 e. The fourth-order valence-corrected chi connectivity index (χ4v) is 7.98. The SMILES string of the molecule is CS(=O)(=O)OP(OS(C)(=O)=O)OS(C)(=O)=O.CS(=O)(=O)OP(OS(C)(=O)=O)OS(C)(=O)=O. The zero-order valence-corrected chi connectivity index (χ0v) is 23.4. The zero-order chi connectivity index (χ0) is 26.4. The molecule has 0 unspecified atom stereocenters. The van der Waals surface area contributed by atoms with Gasteiger partial charge in [-0.1, -0.05) is 0 Å². The van der Waals surface area contributed by atoms with Gasteiger partial charge in [-0.25, -0.2) is 0 Å². The van der Waals surface area contributed by atoms with Crippen molar-refractivity contribution in [3.05, 3.63) is 0 Å². The van der Waals surface area contributed by atoms with E-state index in [0.29, 0.717) is 37.5 Å². The van der Waals surface area contributed by atoms with Crippen LogP contribution in [0.1, 0.15) is 0 Å². The normalized spacial score (nSPS) is 14.2. The van der Waals surface area contributed by atoms with Crippen molar-refractivity contribution in [2.75, 3.05) is 37.5 Å². The molecule has 0 saturated carbocycles. The summed E-state index contributed by atoms with van der Waals surface area (Å²) in [6, 6.07) is 0. The maximum atomic E-state index is 10.7. The second-order valence-electron chi connectivity index (χ2n) is 5.12. The molecule has 0 aromatic carbocycles. The van der Waals surface area contributed by atoms with E-state index in [9.17, 15) is 50.5 Å². The Balaban J connectivity index is 0. The molecule has 0 saturated heterocycles. The number of hydrogen-bond acceptors (Lipinski definition) is 18. The molecule has 0 bridgehead atoms. The van der Waals surface area contributed by atoms with Crippen LogP contribution >= 0.6 is 17.2 Å². The summed E-state index contributed by atoms with van der Waals surface area (Å²) < 4.78 is 152. The first kappa shape index (κ1) is 34.5. The third kappa shape index (κ3) is 28.4. The molecule has 0 fully saturated rings. The van der Waals surface area contributed by atoms with Gasteiger partial charge in [0.1, 0.15) is 0 Å². The van der Waals surface area contributed by atoms with E-state index in [0.717, 1.165) is 0 Å². The standard InChI is InChI=1S/2C3H9O9PS3/c2*1-14(4,5)10-13(11-15(2,6)7)12-16(3,8)9/h2*1-3H3. The van der Waals surface area contributed by atoms with Gasteiger partial charge in [0.2, 0.25) is 0 Å². The van der Waals surface area contributed by atoms with Crippen molar-refractivity contribution in [3.63, 3.8) is 0 Å². The summed E-state index contributed by atoms with van der Waals surface area (Å²) in [7, 11) is -30.9. The Morgan fingerprint density at radius 2 is 0.406 bits per heavy atom. The molecule has 0 rings (SSSR count). The predicted molar refractivity (Wildman–Crippen MR) is 109 cm³/mol. The van der Waals surface area contributed by atoms with E-state index in [2.05, 4.69) is 23.8 Å². The first-order valence-electron chi connectivity index (χ1n) is 6.54. The van der Waals surface area contributed by atoms with Gasteiger partial charge in [0, 0.05) is 0 Å². The van der Waals surface area contributed by atoms with E-state index >= 15 is 0 Å². The van der Waals surface area contributed by atoms with Gasteiger partial charge in [-0.15, -0.1) is 0 Å². The van der Waals surface area contributed by atoms with Gasteiger partial charge in [0.15, 0.2) is 0 Å². The molecule has 26 heteroatoms. The van der Waals surface area contributed by atoms with E-state index in [1.807, 2.05) is 0 Å². The fraction of sp³-hybridized carbons (Fsp3) is 1.00. The lowest BCUT2D eigenvalue weighted by molar-refractivity contribution is 0.380. The summed E-state index contributed by atoms with van der Waals surface area (Å²) in [6.07, 6.45) is 3.50. The predicted octanol–water partition coefficient (Wildman–Crippen LogP) is -1.72. The topological polar surface area (TPSA) is 260 Å². The van der Waals surface area contributed by atoms with Crippen molar-refractivity contribution < 1.29 is 74.3 Å². The van der Waals surface area contributed by atoms with E-state index in [4.69, 9.17) is 0 Å². The molecule has 32 heavy (non-hydrogen) atoms. The molecule has 0 aromatic rings. The highest BCUT2D eigenvalue weighted by Gasteiger charge is 2.29. The second-order valence-corrected chi connectivity index (χ2v) is 18.0. The van der Waals surface area contributed by atoms with Gasteiger partial charge in [0.25, 0.3) is 60.7 Å². The van der Waals surface area contributed by atoms with Gasteiger partial charge in [0.05, 0.1) is 37.5 Å². The third-order valence-corrected chi connectivity index (χ3v) is 10.6. The van der Waals surface area contributed by atoms with Crippen molar-refractivity contribution in [1.82, 2.24) is 0 Å². The molecule has 0 heterocycles. The van der Waals surface area contributed by atoms with Crippen LogP contribution in [-0.2, 0) is 84.5 Å². The van der Waals surface area contributed by atoms with Crippen molar-refractivity contribution in [1.29, 1.82) is 0 Å². The van der Waals surface area contributed by atoms with Crippen LogP contribution in [0.4, 0.5) is 0 Å². The van der Waals surface area contributed by atoms with E-state index < -0.39 is 77.9 Å². The molecule has 0 radical (unpaired) electrons. The molecule has 18 nitrogen and oxygen atoms in total. The highest BCUT2D eigenvalue weighted by Crippen LogP contribution is 2.45. The minimum absolute atomic E-state index is 0.583. The molecular formula is C6H18O18P2S6. The molecule has 0 N–H and O–H groups in total. The molecule has 0 aliphatic carbocycles. The van der Waals surface area contributed by atoms with Crippen LogP contribution in [0, 0.1) is 0 Å². The minimum Gasteiger partial charge on any atom is -0.199 e. The Bertz CT molecular complexity index is 993. The second kappa shape index (κ2) is 12.3. The van der Waals surface area contributed by atoms with Gasteiger partial charge < -0.3 is 0 Å². The first-order chi connectivity index (χ1) is 13.6. The van der Waals surface area contributed by atoms with Crippen LogP contribution in [0.2, 0.25) is 0 Å². The number of hydrogen-bond donors (Lipinski definition) is 0. The minimum atomic E-state index is -4.12. The van der Waals surface area contributed by atoms with Crippen molar-refractivity contribution in [2.45, 2.75) is 0 Å². The van der Waals surface area contributed by atoms with E-state index in [1.165, 1.54) is 0 Å². The van der Waals surface area contributed by atoms with E-state index in [-0.39, 0.29) is 0 Å². The van der Waals surface area contributed by atoms with Crippen molar-refractivity contribution in [2.24, 2.45) is 0 Å². The Hall–Kier alpha value is 0.320. The molecular weight excluding hydrogens is 614 g/mol. The summed E-state index contributed by atoms with van der Waals surface area (Å²) in [5.74, 6) is 0. The van der Waals surface area contributed by atoms with Gasteiger partial charge in [-0.3, -0.25) is 0 Å². The molecule has 0 aromatic heterocycles. The molecule has 196 valence electrons. The lowest BCUT2D eigenvalue weighted by atomic mass is 12.0. The first-order valence-corrected chi connectivity index (χ1v) is 19.6. The van der Waals surface area contributed by atoms with Crippen LogP contribution in [-0.4, -0.2) is 88.0 Å². The molecule has 0 aliphatic rings. The fourth-order valence-electron chi connectivity index (χ4n) is 0.738. The lowest BCUT2D eigenvalue weighted by Gasteiger charge is -2.11. The monoisotopic (exact) mass is 632 g/mol. The van der Waals surface area contributed by atoms with Crippen molar-refractivity contribution in [3.8, 4) is 0 Å². The van der Waals surface area contributed by atoms with Crippen LogP contribution in [0.25, 0.3) is 0 Å². The Labute approximate surface area is 189 Å². The molecule has 0 atom stereocenters. The number of rotatable bonds is 12. The summed E-state index contributed by atoms with van der Waals surface area (Å²) in [5.41, 5.74) is 0. The summed E-state index contributed by atoms with van der Waals surface area (Å²) >= 11 is 0. The Kier molecular flexibility index (Phi) is 13.3. The average molecular weight is 633 g/mol. The van der Waals surface area contributed by atoms with E-state index in [1.54, 1.807) is 0 Å². The Morgan fingerprint density at radius 1 is 0.312 bits per heavy atom. The molecule has 0 aliphatic heterocycles. The van der Waals surface area contributed by atoms with Gasteiger partial charge in [-0.2, -0.15) is 74.3 Å². The Morgan fingerprint density at radius 3 is 0.469 bits per heavy atom. The summed E-state index contributed by atoms with van der Waals surface area (Å²) in [5, 5.41) is 0. The van der Waals surface area contributed by atoms with Gasteiger partial charge >= 0.3 is 17.2 Å². The van der Waals surface area contributed by atoms with Crippen LogP contribution in [0.3, 0.4) is 0 Å². The van der Waals surface area contributed by atoms with Crippen molar-refractivity contribution >= 4 is 77.9 Å². The lowest BCUT2D eigenvalue weighted by Crippen LogP contribution is -2.09. The van der Waals surface area contributed by atoms with Crippen LogP contribution in [0.15, 0.2) is 0 Å². The zero-order valence-electron chi connectivity index (χ0n) is 16.7. The third-order valence-electron chi connectivity index (χ3n) is 1.18. The average Bonchev–Trinajstić information content (AvgIpc) is 2.24. The van der Waals surface area contributed by atoms with Crippen LogP contribution < -0.4 is 0 Å². The largest absolute Gasteiger partial charge is 0.380 e. The maximum absolute atomic E-state index is 10.7. The highest BCUT2D eigenvalue weighted by molar-refractivity contribution is 7.96. The molecule has 0 spiro atoms. The highest BCUT2D eigenvalue weighted by atomic mass is 32.3.